The van der Waals surface area contributed by atoms with E-state index in [1.54, 1.807) is 14.1 Å². The molecule has 1 aromatic rings. The summed E-state index contributed by atoms with van der Waals surface area (Å²) in [6, 6.07) is 8.15. The fourth-order valence-corrected chi connectivity index (χ4v) is 2.66. The summed E-state index contributed by atoms with van der Waals surface area (Å²) in [7, 11) is 3.36. The van der Waals surface area contributed by atoms with Gasteiger partial charge in [-0.05, 0) is 32.4 Å². The van der Waals surface area contributed by atoms with Crippen LogP contribution in [0.2, 0.25) is 0 Å². The number of amides is 1. The maximum Gasteiger partial charge on any atom is 0.227 e. The van der Waals surface area contributed by atoms with Gasteiger partial charge in [0.25, 0.3) is 0 Å². The van der Waals surface area contributed by atoms with E-state index < -0.39 is 5.41 Å². The first-order valence-corrected chi connectivity index (χ1v) is 8.05. The number of aliphatic imine (C=N–C) groups is 1. The van der Waals surface area contributed by atoms with Gasteiger partial charge in [0.1, 0.15) is 0 Å². The number of guanidine groups is 1. The molecule has 0 aliphatic heterocycles. The van der Waals surface area contributed by atoms with Gasteiger partial charge in [-0.2, -0.15) is 0 Å². The molecule has 0 fully saturated rings. The third kappa shape index (κ3) is 6.66. The van der Waals surface area contributed by atoms with Crippen LogP contribution in [0.5, 0.6) is 0 Å². The molecule has 7 heteroatoms. The molecule has 1 aromatic carbocycles. The van der Waals surface area contributed by atoms with Crippen molar-refractivity contribution in [2.24, 2.45) is 10.4 Å². The van der Waals surface area contributed by atoms with Crippen LogP contribution in [-0.2, 0) is 4.79 Å². The maximum absolute atomic E-state index is 11.8. The molecular weight excluding hydrogens is 471 g/mol. The number of rotatable bonds is 5. The molecule has 1 unspecified atom stereocenters. The van der Waals surface area contributed by atoms with Gasteiger partial charge < -0.3 is 16.0 Å². The van der Waals surface area contributed by atoms with E-state index in [9.17, 15) is 4.79 Å². The fourth-order valence-electron chi connectivity index (χ4n) is 2.03. The largest absolute Gasteiger partial charge is 0.359 e. The number of carbonyl (C=O) groups is 1. The zero-order valence-electron chi connectivity index (χ0n) is 14.2. The van der Waals surface area contributed by atoms with Crippen molar-refractivity contribution in [2.75, 3.05) is 20.6 Å². The Hall–Kier alpha value is -0.830. The molecule has 0 saturated heterocycles. The average Bonchev–Trinajstić information content (AvgIpc) is 2.50. The van der Waals surface area contributed by atoms with E-state index in [-0.39, 0.29) is 35.9 Å². The molecule has 0 aliphatic carbocycles. The number of benzene rings is 1. The van der Waals surface area contributed by atoms with Gasteiger partial charge >= 0.3 is 0 Å². The Balaban J connectivity index is 0.00000484. The van der Waals surface area contributed by atoms with Gasteiger partial charge in [0.15, 0.2) is 5.96 Å². The van der Waals surface area contributed by atoms with Crippen molar-refractivity contribution in [1.82, 2.24) is 16.0 Å². The number of carbonyl (C=O) groups excluding carboxylic acids is 1. The molecule has 1 amide bonds. The molecule has 3 N–H and O–H groups in total. The number of nitrogens with zero attached hydrogens (tertiary/aromatic N) is 1. The van der Waals surface area contributed by atoms with Crippen LogP contribution in [0, 0.1) is 5.41 Å². The summed E-state index contributed by atoms with van der Waals surface area (Å²) in [5.74, 6) is 0.662. The second kappa shape index (κ2) is 10.1. The smallest absolute Gasteiger partial charge is 0.227 e. The Morgan fingerprint density at radius 2 is 1.96 bits per heavy atom. The van der Waals surface area contributed by atoms with Crippen LogP contribution in [0.25, 0.3) is 0 Å². The predicted molar refractivity (Wildman–Crippen MR) is 110 cm³/mol. The van der Waals surface area contributed by atoms with Crippen molar-refractivity contribution in [3.8, 4) is 0 Å². The lowest BCUT2D eigenvalue weighted by molar-refractivity contribution is -0.128. The van der Waals surface area contributed by atoms with Crippen LogP contribution in [0.4, 0.5) is 0 Å². The van der Waals surface area contributed by atoms with Gasteiger partial charge in [-0.25, -0.2) is 0 Å². The predicted octanol–water partition coefficient (Wildman–Crippen LogP) is 3.07. The zero-order chi connectivity index (χ0) is 16.8. The van der Waals surface area contributed by atoms with Crippen LogP contribution in [-0.4, -0.2) is 32.5 Å². The molecule has 5 nitrogen and oxygen atoms in total. The van der Waals surface area contributed by atoms with Gasteiger partial charge in [-0.15, -0.1) is 24.0 Å². The number of halogens is 2. The highest BCUT2D eigenvalue weighted by molar-refractivity contribution is 14.0. The fraction of sp³-hybridized carbons (Fsp3) is 0.500. The Bertz CT molecular complexity index is 549. The van der Waals surface area contributed by atoms with E-state index in [4.69, 9.17) is 0 Å². The van der Waals surface area contributed by atoms with Crippen LogP contribution in [0.15, 0.2) is 33.7 Å². The van der Waals surface area contributed by atoms with E-state index in [1.807, 2.05) is 32.0 Å². The monoisotopic (exact) mass is 496 g/mol. The van der Waals surface area contributed by atoms with E-state index in [1.165, 1.54) is 0 Å². The highest BCUT2D eigenvalue weighted by Crippen LogP contribution is 2.22. The van der Waals surface area contributed by atoms with Gasteiger partial charge in [0.2, 0.25) is 5.91 Å². The first-order chi connectivity index (χ1) is 10.3. The summed E-state index contributed by atoms with van der Waals surface area (Å²) < 4.78 is 1.05. The van der Waals surface area contributed by atoms with Crippen molar-refractivity contribution < 1.29 is 4.79 Å². The third-order valence-corrected chi connectivity index (χ3v) is 4.21. The Morgan fingerprint density at radius 3 is 2.48 bits per heavy atom. The molecule has 0 bridgehead atoms. The molecule has 1 atom stereocenters. The van der Waals surface area contributed by atoms with Gasteiger partial charge in [0, 0.05) is 25.1 Å². The highest BCUT2D eigenvalue weighted by Gasteiger charge is 2.26. The van der Waals surface area contributed by atoms with Crippen molar-refractivity contribution in [2.45, 2.75) is 26.8 Å². The van der Waals surface area contributed by atoms with E-state index in [2.05, 4.69) is 49.9 Å². The average molecular weight is 497 g/mol. The van der Waals surface area contributed by atoms with Gasteiger partial charge in [-0.3, -0.25) is 9.79 Å². The normalized spacial score (nSPS) is 12.9. The summed E-state index contributed by atoms with van der Waals surface area (Å²) >= 11 is 3.55. The highest BCUT2D eigenvalue weighted by atomic mass is 127. The Morgan fingerprint density at radius 1 is 1.35 bits per heavy atom. The zero-order valence-corrected chi connectivity index (χ0v) is 18.2. The topological polar surface area (TPSA) is 65.5 Å². The molecule has 1 rings (SSSR count). The minimum atomic E-state index is -0.511. The molecule has 130 valence electrons. The summed E-state index contributed by atoms with van der Waals surface area (Å²) in [6.45, 7) is 6.35. The van der Waals surface area contributed by atoms with Crippen LogP contribution < -0.4 is 16.0 Å². The van der Waals surface area contributed by atoms with Crippen LogP contribution in [0.3, 0.4) is 0 Å². The first-order valence-electron chi connectivity index (χ1n) is 7.25. The van der Waals surface area contributed by atoms with Crippen molar-refractivity contribution in [3.05, 3.63) is 34.3 Å². The van der Waals surface area contributed by atoms with E-state index >= 15 is 0 Å². The molecule has 0 radical (unpaired) electrons. The van der Waals surface area contributed by atoms with Crippen molar-refractivity contribution >= 4 is 51.8 Å². The van der Waals surface area contributed by atoms with Crippen LogP contribution >= 0.6 is 39.9 Å². The molecule has 0 aliphatic rings. The van der Waals surface area contributed by atoms with E-state index in [0.717, 1.165) is 10.0 Å². The van der Waals surface area contributed by atoms with E-state index in [0.29, 0.717) is 12.5 Å². The lowest BCUT2D eigenvalue weighted by Crippen LogP contribution is -2.47. The number of hydrogen-bond acceptors (Lipinski definition) is 2. The molecule has 0 aromatic heterocycles. The van der Waals surface area contributed by atoms with Gasteiger partial charge in [0.05, 0.1) is 11.5 Å². The lowest BCUT2D eigenvalue weighted by Gasteiger charge is -2.25. The molecular formula is C16H26BrIN4O. The molecule has 0 saturated carbocycles. The maximum atomic E-state index is 11.8. The first kappa shape index (κ1) is 22.2. The minimum absolute atomic E-state index is 0. The molecule has 23 heavy (non-hydrogen) atoms. The van der Waals surface area contributed by atoms with Crippen LogP contribution in [0.1, 0.15) is 32.4 Å². The SMILES string of the molecule is CN=C(NCC(C)(C)C(=O)NC)NC(C)c1ccccc1Br.I. The second-order valence-corrected chi connectivity index (χ2v) is 6.63. The summed E-state index contributed by atoms with van der Waals surface area (Å²) in [4.78, 5) is 16.0. The quantitative estimate of drug-likeness (QED) is 0.333. The van der Waals surface area contributed by atoms with Crippen molar-refractivity contribution in [3.63, 3.8) is 0 Å². The standard InChI is InChI=1S/C16H25BrN4O.HI/c1-11(12-8-6-7-9-13(12)17)21-15(19-5)20-10-16(2,3)14(22)18-4;/h6-9,11H,10H2,1-5H3,(H,18,22)(H2,19,20,21);1H. The lowest BCUT2D eigenvalue weighted by atomic mass is 9.92. The minimum Gasteiger partial charge on any atom is -0.359 e. The third-order valence-electron chi connectivity index (χ3n) is 3.49. The Kier molecular flexibility index (Phi) is 9.76. The summed E-state index contributed by atoms with van der Waals surface area (Å²) in [6.07, 6.45) is 0. The summed E-state index contributed by atoms with van der Waals surface area (Å²) in [5.41, 5.74) is 0.638. The molecule has 0 heterocycles. The second-order valence-electron chi connectivity index (χ2n) is 5.78. The molecule has 0 spiro atoms. The Labute approximate surface area is 164 Å². The van der Waals surface area contributed by atoms with Gasteiger partial charge in [-0.1, -0.05) is 34.1 Å². The van der Waals surface area contributed by atoms with Crippen molar-refractivity contribution in [1.29, 1.82) is 0 Å². The number of hydrogen-bond donors (Lipinski definition) is 3. The number of nitrogens with one attached hydrogen (secondary N) is 3. The summed E-state index contributed by atoms with van der Waals surface area (Å²) in [5, 5.41) is 9.21.